The number of carbonyl (C=O) groups is 2. The third kappa shape index (κ3) is 6.09. The molecule has 1 fully saturated rings. The molecule has 0 unspecified atom stereocenters. The Morgan fingerprint density at radius 2 is 1.89 bits per heavy atom. The zero-order valence-electron chi connectivity index (χ0n) is 21.6. The van der Waals surface area contributed by atoms with Gasteiger partial charge in [0.25, 0.3) is 5.91 Å². The summed E-state index contributed by atoms with van der Waals surface area (Å²) in [7, 11) is 1.66. The van der Waals surface area contributed by atoms with Crippen LogP contribution in [-0.4, -0.2) is 74.4 Å². The van der Waals surface area contributed by atoms with Crippen molar-refractivity contribution in [2.45, 2.75) is 39.2 Å². The summed E-state index contributed by atoms with van der Waals surface area (Å²) < 4.78 is 8.64. The summed E-state index contributed by atoms with van der Waals surface area (Å²) in [4.78, 5) is 34.1. The van der Waals surface area contributed by atoms with E-state index in [0.717, 1.165) is 41.2 Å². The first-order valence-electron chi connectivity index (χ1n) is 12.8. The Kier molecular flexibility index (Phi) is 8.11. The van der Waals surface area contributed by atoms with E-state index >= 15 is 0 Å². The molecule has 12 heteroatoms. The molecule has 4 aromatic heterocycles. The van der Waals surface area contributed by atoms with E-state index in [1.165, 1.54) is 24.2 Å². The zero-order chi connectivity index (χ0) is 26.5. The normalized spacial score (nSPS) is 14.5. The number of hydrogen-bond acceptors (Lipinski definition) is 8. The topological polar surface area (TPSA) is 119 Å². The number of fused-ring (bicyclic) bond motifs is 1. The van der Waals surface area contributed by atoms with Gasteiger partial charge in [-0.1, -0.05) is 12.8 Å². The lowest BCUT2D eigenvalue weighted by atomic mass is 10.2. The Labute approximate surface area is 227 Å². The SMILES string of the molecule is COCCn1cc(-c2cn3ncc(C(=O)Nc4cc(NC(=O)CN5CCCCCC5)cnc4C)c3s2)cn1.[HH].[HH]. The summed E-state index contributed by atoms with van der Waals surface area (Å²) in [6.07, 6.45) is 13.5. The smallest absolute Gasteiger partial charge is 0.260 e. The van der Waals surface area contributed by atoms with Crippen molar-refractivity contribution < 1.29 is 17.2 Å². The van der Waals surface area contributed by atoms with Gasteiger partial charge in [-0.2, -0.15) is 10.2 Å². The Balaban J connectivity index is 0.00000220. The number of pyridine rings is 1. The summed E-state index contributed by atoms with van der Waals surface area (Å²) in [5.41, 5.74) is 3.16. The van der Waals surface area contributed by atoms with E-state index in [1.54, 1.807) is 36.3 Å². The Morgan fingerprint density at radius 3 is 2.68 bits per heavy atom. The van der Waals surface area contributed by atoms with Crippen molar-refractivity contribution in [3.05, 3.63) is 48.3 Å². The molecule has 2 N–H and O–H groups in total. The van der Waals surface area contributed by atoms with Crippen LogP contribution < -0.4 is 10.6 Å². The predicted octanol–water partition coefficient (Wildman–Crippen LogP) is 4.17. The largest absolute Gasteiger partial charge is 0.383 e. The number of nitrogens with one attached hydrogen (secondary N) is 2. The van der Waals surface area contributed by atoms with Crippen LogP contribution in [-0.2, 0) is 16.1 Å². The molecule has 0 atom stereocenters. The number of amides is 2. The zero-order valence-corrected chi connectivity index (χ0v) is 22.5. The van der Waals surface area contributed by atoms with Crippen LogP contribution in [0.3, 0.4) is 0 Å². The summed E-state index contributed by atoms with van der Waals surface area (Å²) in [5.74, 6) is -0.369. The standard InChI is InChI=1S/C26H32N8O3S.2H2/c1-18-22(11-20(13-27-18)30-24(35)17-32-7-5-3-4-6-8-32)31-25(36)21-14-29-34-16-23(38-26(21)34)19-12-28-33(15-19)9-10-37-2;;/h11-16H,3-10,17H2,1-2H3,(H,30,35)(H,31,36);2*1H. The van der Waals surface area contributed by atoms with Crippen LogP contribution in [0.1, 0.15) is 44.6 Å². The third-order valence-corrected chi connectivity index (χ3v) is 7.73. The van der Waals surface area contributed by atoms with E-state index in [9.17, 15) is 9.59 Å². The van der Waals surface area contributed by atoms with Gasteiger partial charge in [0, 0.05) is 27.9 Å². The maximum absolute atomic E-state index is 13.2. The van der Waals surface area contributed by atoms with Crippen molar-refractivity contribution in [1.29, 1.82) is 0 Å². The lowest BCUT2D eigenvalue weighted by Gasteiger charge is -2.19. The van der Waals surface area contributed by atoms with E-state index in [0.29, 0.717) is 42.3 Å². The van der Waals surface area contributed by atoms with Crippen LogP contribution in [0.25, 0.3) is 15.3 Å². The molecule has 1 aliphatic heterocycles. The maximum atomic E-state index is 13.2. The number of anilines is 2. The van der Waals surface area contributed by atoms with Gasteiger partial charge in [-0.05, 0) is 38.9 Å². The molecule has 4 aromatic rings. The van der Waals surface area contributed by atoms with Gasteiger partial charge in [-0.15, -0.1) is 11.3 Å². The van der Waals surface area contributed by atoms with Gasteiger partial charge in [-0.25, -0.2) is 4.52 Å². The molecule has 0 aliphatic carbocycles. The number of ether oxygens (including phenoxy) is 1. The van der Waals surface area contributed by atoms with Crippen LogP contribution in [0.5, 0.6) is 0 Å². The Morgan fingerprint density at radius 1 is 1.08 bits per heavy atom. The van der Waals surface area contributed by atoms with Crippen LogP contribution >= 0.6 is 11.3 Å². The molecule has 0 aromatic carbocycles. The van der Waals surface area contributed by atoms with Crippen LogP contribution in [0, 0.1) is 6.92 Å². The van der Waals surface area contributed by atoms with Gasteiger partial charge in [0.15, 0.2) is 0 Å². The fourth-order valence-corrected chi connectivity index (χ4v) is 5.52. The number of hydrogen-bond donors (Lipinski definition) is 2. The number of methoxy groups -OCH3 is 1. The van der Waals surface area contributed by atoms with E-state index in [2.05, 4.69) is 30.7 Å². The van der Waals surface area contributed by atoms with E-state index < -0.39 is 0 Å². The second-order valence-corrected chi connectivity index (χ2v) is 10.5. The van der Waals surface area contributed by atoms with Crippen LogP contribution in [0.4, 0.5) is 11.4 Å². The summed E-state index contributed by atoms with van der Waals surface area (Å²) in [6, 6.07) is 1.75. The van der Waals surface area contributed by atoms with Gasteiger partial charge in [0.2, 0.25) is 5.91 Å². The quantitative estimate of drug-likeness (QED) is 0.327. The molecule has 5 rings (SSSR count). The van der Waals surface area contributed by atoms with Gasteiger partial charge >= 0.3 is 0 Å². The molecule has 0 bridgehead atoms. The van der Waals surface area contributed by atoms with Crippen molar-refractivity contribution >= 4 is 39.4 Å². The minimum absolute atomic E-state index is 0. The predicted molar refractivity (Wildman–Crippen MR) is 151 cm³/mol. The fraction of sp³-hybridized carbons (Fsp3) is 0.423. The van der Waals surface area contributed by atoms with Crippen molar-refractivity contribution in [3.63, 3.8) is 0 Å². The molecule has 11 nitrogen and oxygen atoms in total. The van der Waals surface area contributed by atoms with E-state index in [1.807, 2.05) is 24.0 Å². The molecular formula is C26H36N8O3S. The van der Waals surface area contributed by atoms with E-state index in [-0.39, 0.29) is 14.7 Å². The third-order valence-electron chi connectivity index (χ3n) is 6.57. The molecule has 0 radical (unpaired) electrons. The fourth-order valence-electron chi connectivity index (χ4n) is 4.49. The number of carbonyl (C=O) groups excluding carboxylic acids is 2. The Bertz CT molecular complexity index is 1430. The highest BCUT2D eigenvalue weighted by Crippen LogP contribution is 2.31. The first-order valence-corrected chi connectivity index (χ1v) is 13.6. The first kappa shape index (κ1) is 26.0. The van der Waals surface area contributed by atoms with Crippen LogP contribution in [0.15, 0.2) is 37.1 Å². The average molecular weight is 541 g/mol. The molecule has 5 heterocycles. The Hall–Kier alpha value is -3.61. The molecule has 0 saturated carbocycles. The average Bonchev–Trinajstić information content (AvgIpc) is 3.57. The lowest BCUT2D eigenvalue weighted by molar-refractivity contribution is -0.117. The van der Waals surface area contributed by atoms with Crippen LogP contribution in [0.2, 0.25) is 0 Å². The summed E-state index contributed by atoms with van der Waals surface area (Å²) in [6.45, 7) is 5.31. The van der Waals surface area contributed by atoms with Gasteiger partial charge in [0.1, 0.15) is 4.83 Å². The second-order valence-electron chi connectivity index (χ2n) is 9.44. The van der Waals surface area contributed by atoms with E-state index in [4.69, 9.17) is 4.74 Å². The molecular weight excluding hydrogens is 504 g/mol. The maximum Gasteiger partial charge on any atom is 0.260 e. The summed E-state index contributed by atoms with van der Waals surface area (Å²) >= 11 is 1.47. The van der Waals surface area contributed by atoms with Gasteiger partial charge in [0.05, 0.1) is 65.8 Å². The second kappa shape index (κ2) is 11.8. The highest BCUT2D eigenvalue weighted by molar-refractivity contribution is 7.21. The number of aromatic nitrogens is 5. The van der Waals surface area contributed by atoms with Crippen molar-refractivity contribution in [3.8, 4) is 10.4 Å². The monoisotopic (exact) mass is 540 g/mol. The highest BCUT2D eigenvalue weighted by atomic mass is 32.1. The van der Waals surface area contributed by atoms with Gasteiger partial charge < -0.3 is 15.4 Å². The highest BCUT2D eigenvalue weighted by Gasteiger charge is 2.19. The minimum Gasteiger partial charge on any atom is -0.383 e. The summed E-state index contributed by atoms with van der Waals surface area (Å²) in [5, 5.41) is 14.6. The van der Waals surface area contributed by atoms with Crippen molar-refractivity contribution in [1.82, 2.24) is 29.3 Å². The number of likely N-dealkylation sites (tertiary alicyclic amines) is 1. The minimum atomic E-state index is -0.290. The van der Waals surface area contributed by atoms with Crippen molar-refractivity contribution in [2.24, 2.45) is 0 Å². The molecule has 0 spiro atoms. The molecule has 1 saturated heterocycles. The number of aryl methyl sites for hydroxylation is 1. The molecule has 1 aliphatic rings. The van der Waals surface area contributed by atoms with Gasteiger partial charge in [-0.3, -0.25) is 24.2 Å². The molecule has 2 amide bonds. The number of thiazole rings is 1. The number of rotatable bonds is 9. The molecule has 38 heavy (non-hydrogen) atoms. The van der Waals surface area contributed by atoms with Crippen molar-refractivity contribution in [2.75, 3.05) is 44.0 Å². The number of nitrogens with zero attached hydrogens (tertiary/aromatic N) is 6. The molecule has 204 valence electrons. The first-order chi connectivity index (χ1) is 18.5. The lowest BCUT2D eigenvalue weighted by Crippen LogP contribution is -2.34.